The van der Waals surface area contributed by atoms with Gasteiger partial charge in [0.15, 0.2) is 0 Å². The minimum atomic E-state index is 0.714. The van der Waals surface area contributed by atoms with Gasteiger partial charge in [0.05, 0.1) is 11.1 Å². The van der Waals surface area contributed by atoms with Gasteiger partial charge in [0.1, 0.15) is 12.1 Å². The van der Waals surface area contributed by atoms with Crippen LogP contribution in [-0.4, -0.2) is 0 Å². The molecule has 0 saturated carbocycles. The fraction of sp³-hybridized carbons (Fsp3) is 0.217. The molecule has 2 aliphatic carbocycles. The Hall–Kier alpha value is -3.10. The van der Waals surface area contributed by atoms with Gasteiger partial charge in [-0.05, 0) is 47.9 Å². The van der Waals surface area contributed by atoms with Gasteiger partial charge < -0.3 is 0 Å². The van der Waals surface area contributed by atoms with E-state index in [-0.39, 0.29) is 0 Å². The minimum absolute atomic E-state index is 0.714. The quantitative estimate of drug-likeness (QED) is 0.402. The maximum Gasteiger partial charge on any atom is 0.100 e. The summed E-state index contributed by atoms with van der Waals surface area (Å²) < 4.78 is 0. The summed E-state index contributed by atoms with van der Waals surface area (Å²) in [7, 11) is 0. The summed E-state index contributed by atoms with van der Waals surface area (Å²) >= 11 is 0. The first-order valence-electron chi connectivity index (χ1n) is 8.89. The Morgan fingerprint density at radius 2 is 1.16 bits per heavy atom. The Bertz CT molecular complexity index is 1050. The first-order chi connectivity index (χ1) is 12.3. The molecule has 2 heteroatoms. The second-order valence-electron chi connectivity index (χ2n) is 7.00. The summed E-state index contributed by atoms with van der Waals surface area (Å²) in [5, 5.41) is 21.4. The van der Waals surface area contributed by atoms with Crippen LogP contribution in [0, 0.1) is 22.7 Å². The smallest absolute Gasteiger partial charge is 0.100 e. The normalized spacial score (nSPS) is 14.3. The van der Waals surface area contributed by atoms with Gasteiger partial charge in [-0.2, -0.15) is 10.5 Å². The van der Waals surface area contributed by atoms with Gasteiger partial charge in [0, 0.05) is 21.9 Å². The number of hydrogen-bond acceptors (Lipinski definition) is 2. The lowest BCUT2D eigenvalue weighted by Gasteiger charge is -2.29. The number of benzene rings is 3. The van der Waals surface area contributed by atoms with Crippen molar-refractivity contribution in [1.29, 1.82) is 10.5 Å². The van der Waals surface area contributed by atoms with Gasteiger partial charge in [-0.25, -0.2) is 0 Å². The van der Waals surface area contributed by atoms with Crippen LogP contribution in [0.4, 0.5) is 0 Å². The van der Waals surface area contributed by atoms with Crippen LogP contribution in [0.3, 0.4) is 0 Å². The van der Waals surface area contributed by atoms with E-state index in [1.165, 1.54) is 30.4 Å². The zero-order chi connectivity index (χ0) is 17.0. The molecule has 118 valence electrons. The van der Waals surface area contributed by atoms with Crippen molar-refractivity contribution >= 4 is 10.8 Å². The highest BCUT2D eigenvalue weighted by atomic mass is 14.4. The number of nitrogens with zero attached hydrogens (tertiary/aromatic N) is 2. The molecule has 0 atom stereocenters. The van der Waals surface area contributed by atoms with Crippen LogP contribution >= 0.6 is 0 Å². The highest BCUT2D eigenvalue weighted by Crippen LogP contribution is 2.54. The van der Waals surface area contributed by atoms with Crippen molar-refractivity contribution < 1.29 is 0 Å². The molecular weight excluding hydrogens is 304 g/mol. The van der Waals surface area contributed by atoms with Crippen molar-refractivity contribution in [1.82, 2.24) is 0 Å². The second kappa shape index (κ2) is 5.20. The molecule has 0 heterocycles. The predicted octanol–water partition coefficient (Wildman–Crippen LogP) is 5.50. The topological polar surface area (TPSA) is 47.6 Å². The maximum absolute atomic E-state index is 9.81. The lowest BCUT2D eigenvalue weighted by molar-refractivity contribution is 0.711. The Kier molecular flexibility index (Phi) is 2.97. The molecule has 0 amide bonds. The highest BCUT2D eigenvalue weighted by molar-refractivity contribution is 6.15. The van der Waals surface area contributed by atoms with E-state index in [2.05, 4.69) is 24.3 Å². The van der Waals surface area contributed by atoms with Crippen LogP contribution < -0.4 is 0 Å². The zero-order valence-corrected chi connectivity index (χ0v) is 13.9. The maximum atomic E-state index is 9.81. The number of aryl methyl sites for hydroxylation is 2. The number of nitriles is 2. The van der Waals surface area contributed by atoms with Crippen molar-refractivity contribution in [2.24, 2.45) is 0 Å². The second-order valence-corrected chi connectivity index (χ2v) is 7.00. The summed E-state index contributed by atoms with van der Waals surface area (Å²) in [6.45, 7) is 0. The fourth-order valence-corrected chi connectivity index (χ4v) is 4.52. The van der Waals surface area contributed by atoms with E-state index in [1.54, 1.807) is 0 Å². The third-order valence-electron chi connectivity index (χ3n) is 5.71. The van der Waals surface area contributed by atoms with Crippen molar-refractivity contribution in [3.8, 4) is 34.4 Å². The van der Waals surface area contributed by atoms with E-state index in [4.69, 9.17) is 0 Å². The molecule has 25 heavy (non-hydrogen) atoms. The molecule has 0 bridgehead atoms. The average molecular weight is 320 g/mol. The lowest BCUT2D eigenvalue weighted by Crippen LogP contribution is -2.08. The van der Waals surface area contributed by atoms with Crippen LogP contribution in [0.5, 0.6) is 0 Å². The van der Waals surface area contributed by atoms with Gasteiger partial charge in [0.25, 0.3) is 0 Å². The summed E-state index contributed by atoms with van der Waals surface area (Å²) in [5.41, 5.74) is 8.58. The SMILES string of the molecule is N#Cc1c2c(c(C#N)c3ccccc13)-c1cc3c(cc1-2)CCCCC3. The largest absolute Gasteiger partial charge is 0.192 e. The molecule has 0 spiro atoms. The molecule has 5 rings (SSSR count). The number of rotatable bonds is 0. The third-order valence-corrected chi connectivity index (χ3v) is 5.71. The molecule has 0 fully saturated rings. The molecule has 3 aromatic rings. The number of hydrogen-bond donors (Lipinski definition) is 0. The summed E-state index contributed by atoms with van der Waals surface area (Å²) in [5.74, 6) is 0. The molecule has 0 radical (unpaired) electrons. The molecule has 0 aliphatic heterocycles. The molecule has 3 aromatic carbocycles. The molecule has 0 saturated heterocycles. The lowest BCUT2D eigenvalue weighted by atomic mass is 9.72. The average Bonchev–Trinajstić information content (AvgIpc) is 2.89. The van der Waals surface area contributed by atoms with Gasteiger partial charge >= 0.3 is 0 Å². The van der Waals surface area contributed by atoms with Crippen molar-refractivity contribution in [3.05, 3.63) is 58.7 Å². The first kappa shape index (κ1) is 14.3. The van der Waals surface area contributed by atoms with Crippen LogP contribution in [0.1, 0.15) is 41.5 Å². The molecule has 0 N–H and O–H groups in total. The van der Waals surface area contributed by atoms with E-state index in [0.717, 1.165) is 45.9 Å². The fourth-order valence-electron chi connectivity index (χ4n) is 4.52. The van der Waals surface area contributed by atoms with Crippen molar-refractivity contribution in [3.63, 3.8) is 0 Å². The van der Waals surface area contributed by atoms with E-state index in [1.807, 2.05) is 24.3 Å². The van der Waals surface area contributed by atoms with Gasteiger partial charge in [-0.3, -0.25) is 0 Å². The van der Waals surface area contributed by atoms with Crippen LogP contribution in [-0.2, 0) is 12.8 Å². The Morgan fingerprint density at radius 1 is 0.680 bits per heavy atom. The standard InChI is InChI=1S/C23H16N2/c24-12-20-16-8-4-5-9-17(16)21(13-25)23-19-11-15-7-3-1-2-6-14(15)10-18(19)22(20)23/h4-5,8-11H,1-3,6-7H2. The third kappa shape index (κ3) is 1.83. The highest BCUT2D eigenvalue weighted by Gasteiger charge is 2.32. The first-order valence-corrected chi connectivity index (χ1v) is 8.89. The van der Waals surface area contributed by atoms with E-state index < -0.39 is 0 Å². The molecule has 0 aromatic heterocycles. The predicted molar refractivity (Wildman–Crippen MR) is 99.1 cm³/mol. The van der Waals surface area contributed by atoms with Crippen molar-refractivity contribution in [2.45, 2.75) is 32.1 Å². The number of fused-ring (bicyclic) bond motifs is 6. The van der Waals surface area contributed by atoms with Crippen LogP contribution in [0.2, 0.25) is 0 Å². The van der Waals surface area contributed by atoms with Crippen LogP contribution in [0.25, 0.3) is 33.0 Å². The molecule has 2 aliphatic rings. The molecule has 2 nitrogen and oxygen atoms in total. The van der Waals surface area contributed by atoms with Gasteiger partial charge in [0.2, 0.25) is 0 Å². The minimum Gasteiger partial charge on any atom is -0.192 e. The van der Waals surface area contributed by atoms with E-state index in [9.17, 15) is 10.5 Å². The van der Waals surface area contributed by atoms with E-state index in [0.29, 0.717) is 11.1 Å². The van der Waals surface area contributed by atoms with Gasteiger partial charge in [-0.1, -0.05) is 42.8 Å². The summed E-state index contributed by atoms with van der Waals surface area (Å²) in [6, 6.07) is 17.2. The Labute approximate surface area is 146 Å². The van der Waals surface area contributed by atoms with Crippen molar-refractivity contribution in [2.75, 3.05) is 0 Å². The Morgan fingerprint density at radius 3 is 1.60 bits per heavy atom. The van der Waals surface area contributed by atoms with Crippen LogP contribution in [0.15, 0.2) is 36.4 Å². The zero-order valence-electron chi connectivity index (χ0n) is 13.9. The molecular formula is C23H16N2. The van der Waals surface area contributed by atoms with Gasteiger partial charge in [-0.15, -0.1) is 0 Å². The Balaban J connectivity index is 1.87. The van der Waals surface area contributed by atoms with E-state index >= 15 is 0 Å². The summed E-state index contributed by atoms with van der Waals surface area (Å²) in [6.07, 6.45) is 6.01. The monoisotopic (exact) mass is 320 g/mol. The molecule has 0 unspecified atom stereocenters. The summed E-state index contributed by atoms with van der Waals surface area (Å²) in [4.78, 5) is 0.